The molecule has 0 aliphatic rings. The van der Waals surface area contributed by atoms with Crippen molar-refractivity contribution in [1.82, 2.24) is 4.57 Å². The minimum Gasteiger partial charge on any atom is -0.423 e. The lowest BCUT2D eigenvalue weighted by Crippen LogP contribution is -2.30. The van der Waals surface area contributed by atoms with Crippen LogP contribution in [0.25, 0.3) is 16.8 Å². The van der Waals surface area contributed by atoms with E-state index in [-0.39, 0.29) is 5.97 Å². The van der Waals surface area contributed by atoms with Gasteiger partial charge in [0.1, 0.15) is 23.8 Å². The Morgan fingerprint density at radius 2 is 1.56 bits per heavy atom. The summed E-state index contributed by atoms with van der Waals surface area (Å²) in [5.74, 6) is 0.175. The Kier molecular flexibility index (Phi) is 7.13. The van der Waals surface area contributed by atoms with Crippen molar-refractivity contribution in [3.63, 3.8) is 0 Å². The summed E-state index contributed by atoms with van der Waals surface area (Å²) in [6.45, 7) is 3.26. The van der Waals surface area contributed by atoms with E-state index in [1.807, 2.05) is 66.7 Å². The number of carbonyl (C=O) groups is 1. The van der Waals surface area contributed by atoms with Gasteiger partial charge in [0.2, 0.25) is 6.33 Å². The number of nitrogens with zero attached hydrogens (tertiary/aromatic N) is 2. The number of hydrogen-bond acceptors (Lipinski definition) is 2. The van der Waals surface area contributed by atoms with Crippen LogP contribution < -0.4 is 9.30 Å². The predicted molar refractivity (Wildman–Crippen MR) is 127 cm³/mol. The fraction of sp³-hybridized carbons (Fsp3) is 0.214. The summed E-state index contributed by atoms with van der Waals surface area (Å²) in [5.41, 5.74) is 3.75. The molecule has 0 radical (unpaired) electrons. The maximum absolute atomic E-state index is 12.5. The highest BCUT2D eigenvalue weighted by molar-refractivity contribution is 5.91. The zero-order valence-corrected chi connectivity index (χ0v) is 18.5. The molecule has 162 valence electrons. The van der Waals surface area contributed by atoms with Crippen molar-refractivity contribution < 1.29 is 14.1 Å². The Bertz CT molecular complexity index is 1130. The molecule has 0 aliphatic heterocycles. The van der Waals surface area contributed by atoms with Gasteiger partial charge < -0.3 is 4.74 Å². The van der Waals surface area contributed by atoms with E-state index in [9.17, 15) is 4.79 Å². The van der Waals surface area contributed by atoms with Crippen molar-refractivity contribution in [2.75, 3.05) is 0 Å². The molecule has 0 saturated carbocycles. The zero-order chi connectivity index (χ0) is 22.2. The van der Waals surface area contributed by atoms with E-state index >= 15 is 0 Å². The van der Waals surface area contributed by atoms with Crippen LogP contribution in [0.5, 0.6) is 5.75 Å². The van der Waals surface area contributed by atoms with Crippen molar-refractivity contribution in [2.45, 2.75) is 39.2 Å². The Balaban J connectivity index is 1.35. The number of ether oxygens (including phenoxy) is 1. The van der Waals surface area contributed by atoms with Gasteiger partial charge in [-0.3, -0.25) is 0 Å². The number of carbonyl (C=O) groups excluding carboxylic acids is 1. The monoisotopic (exact) mass is 425 g/mol. The highest BCUT2D eigenvalue weighted by Gasteiger charge is 2.11. The number of hydrogen-bond donors (Lipinski definition) is 0. The summed E-state index contributed by atoms with van der Waals surface area (Å²) in [5, 5.41) is 0. The van der Waals surface area contributed by atoms with Gasteiger partial charge in [-0.15, -0.1) is 0 Å². The summed E-state index contributed by atoms with van der Waals surface area (Å²) in [7, 11) is 0. The first-order valence-electron chi connectivity index (χ1n) is 11.3. The highest BCUT2D eigenvalue weighted by atomic mass is 16.5. The molecular weight excluding hydrogens is 396 g/mol. The van der Waals surface area contributed by atoms with Crippen LogP contribution in [0.2, 0.25) is 0 Å². The van der Waals surface area contributed by atoms with Crippen molar-refractivity contribution in [3.05, 3.63) is 103 Å². The van der Waals surface area contributed by atoms with Crippen LogP contribution in [0, 0.1) is 0 Å². The number of rotatable bonds is 9. The molecule has 0 spiro atoms. The zero-order valence-electron chi connectivity index (χ0n) is 18.5. The number of esters is 1. The van der Waals surface area contributed by atoms with Gasteiger partial charge >= 0.3 is 5.97 Å². The van der Waals surface area contributed by atoms with Crippen molar-refractivity contribution in [2.24, 2.45) is 0 Å². The van der Waals surface area contributed by atoms with Crippen molar-refractivity contribution >= 4 is 5.97 Å². The van der Waals surface area contributed by atoms with Crippen LogP contribution in [0.1, 0.15) is 43.0 Å². The van der Waals surface area contributed by atoms with Gasteiger partial charge in [0, 0.05) is 0 Å². The lowest BCUT2D eigenvalue weighted by molar-refractivity contribution is -0.696. The fourth-order valence-corrected chi connectivity index (χ4v) is 3.68. The molecule has 4 heteroatoms. The summed E-state index contributed by atoms with van der Waals surface area (Å²) in [4.78, 5) is 12.5. The largest absolute Gasteiger partial charge is 0.423 e. The van der Waals surface area contributed by atoms with Gasteiger partial charge in [0.25, 0.3) is 0 Å². The van der Waals surface area contributed by atoms with Gasteiger partial charge in [-0.25, -0.2) is 13.9 Å². The minimum absolute atomic E-state index is 0.358. The molecule has 1 heterocycles. The quantitative estimate of drug-likeness (QED) is 0.138. The van der Waals surface area contributed by atoms with Crippen LogP contribution in [-0.4, -0.2) is 10.5 Å². The molecule has 1 aromatic heterocycles. The van der Waals surface area contributed by atoms with Crippen LogP contribution in [-0.2, 0) is 6.54 Å². The number of benzene rings is 3. The van der Waals surface area contributed by atoms with E-state index in [0.717, 1.165) is 23.4 Å². The SMILES string of the molecule is CCCCCC[n+]1ccn(-c2ccc(OC(=O)c3ccc(-c4ccccc4)cc3)cc2)c1. The van der Waals surface area contributed by atoms with E-state index in [2.05, 4.69) is 34.8 Å². The van der Waals surface area contributed by atoms with Crippen LogP contribution in [0.4, 0.5) is 0 Å². The second kappa shape index (κ2) is 10.6. The first-order valence-corrected chi connectivity index (χ1v) is 11.3. The lowest BCUT2D eigenvalue weighted by atomic mass is 10.0. The normalized spacial score (nSPS) is 10.8. The summed E-state index contributed by atoms with van der Waals surface area (Å²) >= 11 is 0. The molecule has 0 N–H and O–H groups in total. The molecule has 0 saturated heterocycles. The Morgan fingerprint density at radius 1 is 0.844 bits per heavy atom. The van der Waals surface area contributed by atoms with Crippen molar-refractivity contribution in [1.29, 1.82) is 0 Å². The van der Waals surface area contributed by atoms with Crippen molar-refractivity contribution in [3.8, 4) is 22.6 Å². The smallest absolute Gasteiger partial charge is 0.343 e. The van der Waals surface area contributed by atoms with Gasteiger partial charge in [-0.1, -0.05) is 62.2 Å². The van der Waals surface area contributed by atoms with Crippen LogP contribution in [0.3, 0.4) is 0 Å². The Hall–Kier alpha value is -3.66. The molecule has 4 rings (SSSR count). The second-order valence-corrected chi connectivity index (χ2v) is 7.95. The molecule has 0 aliphatic carbocycles. The van der Waals surface area contributed by atoms with Gasteiger partial charge in [0.15, 0.2) is 0 Å². The number of aromatic nitrogens is 2. The minimum atomic E-state index is -0.358. The average molecular weight is 426 g/mol. The molecular formula is C28H29N2O2+. The summed E-state index contributed by atoms with van der Waals surface area (Å²) in [6, 6.07) is 25.2. The standard InChI is InChI=1S/C28H29N2O2/c1-2-3-4-8-19-29-20-21-30(22-29)26-15-17-27(18-16-26)32-28(31)25-13-11-24(12-14-25)23-9-6-5-7-10-23/h5-7,9-18,20-22H,2-4,8,19H2,1H3/q+1. The molecule has 4 nitrogen and oxygen atoms in total. The number of unbranched alkanes of at least 4 members (excludes halogenated alkanes) is 3. The molecule has 32 heavy (non-hydrogen) atoms. The third-order valence-electron chi connectivity index (χ3n) is 5.53. The van der Waals surface area contributed by atoms with Gasteiger partial charge in [-0.2, -0.15) is 0 Å². The van der Waals surface area contributed by atoms with Crippen LogP contribution >= 0.6 is 0 Å². The van der Waals surface area contributed by atoms with E-state index < -0.39 is 0 Å². The molecule has 0 unspecified atom stereocenters. The van der Waals surface area contributed by atoms with Crippen LogP contribution in [0.15, 0.2) is 97.6 Å². The first-order chi connectivity index (χ1) is 15.7. The van der Waals surface area contributed by atoms with Gasteiger partial charge in [0.05, 0.1) is 12.1 Å². The molecule has 3 aromatic carbocycles. The lowest BCUT2D eigenvalue weighted by Gasteiger charge is -2.06. The third kappa shape index (κ3) is 5.52. The van der Waals surface area contributed by atoms with E-state index in [4.69, 9.17) is 4.74 Å². The second-order valence-electron chi connectivity index (χ2n) is 7.95. The Labute approximate surface area is 189 Å². The van der Waals surface area contributed by atoms with E-state index in [1.165, 1.54) is 25.7 Å². The highest BCUT2D eigenvalue weighted by Crippen LogP contribution is 2.21. The Morgan fingerprint density at radius 3 is 2.28 bits per heavy atom. The molecule has 0 amide bonds. The summed E-state index contributed by atoms with van der Waals surface area (Å²) in [6.07, 6.45) is 11.3. The average Bonchev–Trinajstić information content (AvgIpc) is 3.32. The first kappa shape index (κ1) is 21.6. The molecule has 4 aromatic rings. The maximum Gasteiger partial charge on any atom is 0.343 e. The predicted octanol–water partition coefficient (Wildman–Crippen LogP) is 6.23. The fourth-order valence-electron chi connectivity index (χ4n) is 3.68. The van der Waals surface area contributed by atoms with Gasteiger partial charge in [-0.05, 0) is 60.4 Å². The molecule has 0 atom stereocenters. The van der Waals surface area contributed by atoms with E-state index in [0.29, 0.717) is 11.3 Å². The third-order valence-corrected chi connectivity index (χ3v) is 5.53. The number of imidazole rings is 1. The topological polar surface area (TPSA) is 35.1 Å². The molecule has 0 bridgehead atoms. The number of aryl methyl sites for hydroxylation is 1. The summed E-state index contributed by atoms with van der Waals surface area (Å²) < 4.78 is 9.85. The molecule has 0 fully saturated rings. The van der Waals surface area contributed by atoms with E-state index in [1.54, 1.807) is 12.1 Å². The maximum atomic E-state index is 12.5.